The van der Waals surface area contributed by atoms with E-state index < -0.39 is 0 Å². The lowest BCUT2D eigenvalue weighted by Gasteiger charge is -2.26. The van der Waals surface area contributed by atoms with E-state index in [4.69, 9.17) is 13.3 Å². The largest absolute Gasteiger partial charge is 0.456 e. The molecule has 8 aromatic carbocycles. The van der Waals surface area contributed by atoms with Crippen molar-refractivity contribution in [2.45, 2.75) is 0 Å². The molecule has 0 amide bonds. The molecule has 0 radical (unpaired) electrons. The molecule has 0 bridgehead atoms. The van der Waals surface area contributed by atoms with Crippen LogP contribution in [0.3, 0.4) is 0 Å². The molecular formula is C48H29NO3. The maximum absolute atomic E-state index is 6.99. The summed E-state index contributed by atoms with van der Waals surface area (Å²) < 4.78 is 20.2. The second-order valence-electron chi connectivity index (χ2n) is 13.2. The van der Waals surface area contributed by atoms with Crippen LogP contribution in [0.5, 0.6) is 0 Å². The van der Waals surface area contributed by atoms with Crippen LogP contribution in [0.4, 0.5) is 17.1 Å². The van der Waals surface area contributed by atoms with Gasteiger partial charge in [0.05, 0.1) is 22.1 Å². The highest BCUT2D eigenvalue weighted by Crippen LogP contribution is 2.49. The summed E-state index contributed by atoms with van der Waals surface area (Å²) in [6.07, 6.45) is 0. The van der Waals surface area contributed by atoms with E-state index in [2.05, 4.69) is 150 Å². The fourth-order valence-electron chi connectivity index (χ4n) is 7.92. The van der Waals surface area contributed by atoms with Gasteiger partial charge in [0.1, 0.15) is 27.9 Å². The molecule has 0 fully saturated rings. The standard InChI is InChI=1S/C48H29NO3/c1-3-12-30(13-4-1)31-24-26-33(27-25-31)49(40-21-10-19-37-36-18-9-17-34(46(36)52-47(37)40)32-14-5-2-6-15-32)39-20-11-23-42-44(39)45-43(50-42)29-28-38-35-16-7-8-22-41(35)51-48(38)45/h1-29H. The van der Waals surface area contributed by atoms with Crippen molar-refractivity contribution < 1.29 is 13.3 Å². The Balaban J connectivity index is 1.22. The fourth-order valence-corrected chi connectivity index (χ4v) is 7.92. The first kappa shape index (κ1) is 28.8. The van der Waals surface area contributed by atoms with Gasteiger partial charge >= 0.3 is 0 Å². The van der Waals surface area contributed by atoms with Crippen LogP contribution in [0.15, 0.2) is 189 Å². The second kappa shape index (κ2) is 11.2. The summed E-state index contributed by atoms with van der Waals surface area (Å²) in [4.78, 5) is 2.31. The van der Waals surface area contributed by atoms with E-state index in [0.29, 0.717) is 0 Å². The second-order valence-corrected chi connectivity index (χ2v) is 13.2. The van der Waals surface area contributed by atoms with Gasteiger partial charge in [0.25, 0.3) is 0 Å². The minimum atomic E-state index is 0.780. The minimum Gasteiger partial charge on any atom is -0.456 e. The highest BCUT2D eigenvalue weighted by molar-refractivity contribution is 6.25. The Hall–Kier alpha value is -7.04. The maximum Gasteiger partial charge on any atom is 0.159 e. The van der Waals surface area contributed by atoms with Gasteiger partial charge in [-0.1, -0.05) is 127 Å². The SMILES string of the molecule is c1ccc(-c2ccc(N(c3cccc4c3oc3c(-c5ccccc5)cccc34)c3cccc4oc5ccc6c7ccccc7oc6c5c34)cc2)cc1. The highest BCUT2D eigenvalue weighted by Gasteiger charge is 2.25. The van der Waals surface area contributed by atoms with E-state index in [1.807, 2.05) is 30.3 Å². The lowest BCUT2D eigenvalue weighted by Crippen LogP contribution is -2.10. The first-order chi connectivity index (χ1) is 25.8. The molecule has 11 rings (SSSR count). The molecule has 0 aliphatic carbocycles. The van der Waals surface area contributed by atoms with Crippen LogP contribution in [0.2, 0.25) is 0 Å². The van der Waals surface area contributed by atoms with Crippen LogP contribution < -0.4 is 4.90 Å². The predicted molar refractivity (Wildman–Crippen MR) is 214 cm³/mol. The fraction of sp³-hybridized carbons (Fsp3) is 0. The van der Waals surface area contributed by atoms with Crippen LogP contribution in [-0.4, -0.2) is 0 Å². The van der Waals surface area contributed by atoms with E-state index in [0.717, 1.165) is 99.6 Å². The summed E-state index contributed by atoms with van der Waals surface area (Å²) in [7, 11) is 0. The van der Waals surface area contributed by atoms with Gasteiger partial charge in [0.2, 0.25) is 0 Å². The molecule has 0 aliphatic heterocycles. The van der Waals surface area contributed by atoms with E-state index in [-0.39, 0.29) is 0 Å². The van der Waals surface area contributed by atoms with E-state index >= 15 is 0 Å². The van der Waals surface area contributed by atoms with Crippen molar-refractivity contribution >= 4 is 82.9 Å². The molecule has 11 aromatic rings. The molecule has 0 atom stereocenters. The monoisotopic (exact) mass is 667 g/mol. The number of anilines is 3. The third-order valence-corrected chi connectivity index (χ3v) is 10.3. The molecule has 0 unspecified atom stereocenters. The lowest BCUT2D eigenvalue weighted by atomic mass is 10.0. The first-order valence-electron chi connectivity index (χ1n) is 17.5. The van der Waals surface area contributed by atoms with E-state index in [1.165, 1.54) is 5.56 Å². The van der Waals surface area contributed by atoms with Gasteiger partial charge in [-0.3, -0.25) is 0 Å². The summed E-state index contributed by atoms with van der Waals surface area (Å²) in [5.74, 6) is 0. The third kappa shape index (κ3) is 4.28. The topological polar surface area (TPSA) is 42.7 Å². The number of benzene rings is 8. The van der Waals surface area contributed by atoms with Gasteiger partial charge in [-0.05, 0) is 65.2 Å². The van der Waals surface area contributed by atoms with Gasteiger partial charge in [0, 0.05) is 32.8 Å². The normalized spacial score (nSPS) is 11.8. The first-order valence-corrected chi connectivity index (χ1v) is 17.5. The van der Waals surface area contributed by atoms with Crippen molar-refractivity contribution in [3.05, 3.63) is 176 Å². The zero-order chi connectivity index (χ0) is 34.2. The van der Waals surface area contributed by atoms with Crippen molar-refractivity contribution in [3.63, 3.8) is 0 Å². The Kier molecular flexibility index (Phi) is 6.22. The predicted octanol–water partition coefficient (Wildman–Crippen LogP) is 14.2. The molecule has 0 aliphatic rings. The van der Waals surface area contributed by atoms with Gasteiger partial charge in [-0.15, -0.1) is 0 Å². The van der Waals surface area contributed by atoms with E-state index in [9.17, 15) is 0 Å². The quantitative estimate of drug-likeness (QED) is 0.183. The summed E-state index contributed by atoms with van der Waals surface area (Å²) in [5.41, 5.74) is 12.3. The number of hydrogen-bond acceptors (Lipinski definition) is 4. The molecule has 0 N–H and O–H groups in total. The van der Waals surface area contributed by atoms with Crippen LogP contribution in [-0.2, 0) is 0 Å². The number of para-hydroxylation sites is 3. The zero-order valence-corrected chi connectivity index (χ0v) is 27.9. The molecule has 3 aromatic heterocycles. The minimum absolute atomic E-state index is 0.780. The molecule has 52 heavy (non-hydrogen) atoms. The summed E-state index contributed by atoms with van der Waals surface area (Å²) in [5, 5.41) is 6.21. The van der Waals surface area contributed by atoms with Crippen molar-refractivity contribution in [2.75, 3.05) is 4.90 Å². The Morgan fingerprint density at radius 3 is 1.73 bits per heavy atom. The van der Waals surface area contributed by atoms with Crippen molar-refractivity contribution in [3.8, 4) is 22.3 Å². The highest BCUT2D eigenvalue weighted by atomic mass is 16.3. The molecule has 4 heteroatoms. The zero-order valence-electron chi connectivity index (χ0n) is 27.9. The number of hydrogen-bond donors (Lipinski definition) is 0. The number of furan rings is 3. The van der Waals surface area contributed by atoms with Crippen molar-refractivity contribution in [2.24, 2.45) is 0 Å². The van der Waals surface area contributed by atoms with E-state index in [1.54, 1.807) is 0 Å². The maximum atomic E-state index is 6.99. The molecule has 0 saturated heterocycles. The average molecular weight is 668 g/mol. The Bertz CT molecular complexity index is 3110. The van der Waals surface area contributed by atoms with Crippen molar-refractivity contribution in [1.29, 1.82) is 0 Å². The summed E-state index contributed by atoms with van der Waals surface area (Å²) >= 11 is 0. The molecule has 0 spiro atoms. The Morgan fingerprint density at radius 1 is 0.308 bits per heavy atom. The van der Waals surface area contributed by atoms with Crippen LogP contribution in [0, 0.1) is 0 Å². The molecule has 0 saturated carbocycles. The Labute approximate surface area is 298 Å². The summed E-state index contributed by atoms with van der Waals surface area (Å²) in [6.45, 7) is 0. The number of rotatable bonds is 5. The van der Waals surface area contributed by atoms with Gasteiger partial charge in [-0.2, -0.15) is 0 Å². The molecule has 3 heterocycles. The van der Waals surface area contributed by atoms with Crippen LogP contribution >= 0.6 is 0 Å². The van der Waals surface area contributed by atoms with Crippen LogP contribution in [0.25, 0.3) is 88.1 Å². The van der Waals surface area contributed by atoms with Gasteiger partial charge in [-0.25, -0.2) is 0 Å². The average Bonchev–Trinajstić information content (AvgIpc) is 3.91. The lowest BCUT2D eigenvalue weighted by molar-refractivity contribution is 0.662. The molecular weight excluding hydrogens is 639 g/mol. The smallest absolute Gasteiger partial charge is 0.159 e. The molecule has 4 nitrogen and oxygen atoms in total. The number of nitrogens with zero attached hydrogens (tertiary/aromatic N) is 1. The summed E-state index contributed by atoms with van der Waals surface area (Å²) in [6, 6.07) is 61.2. The Morgan fingerprint density at radius 2 is 0.904 bits per heavy atom. The third-order valence-electron chi connectivity index (χ3n) is 10.3. The number of fused-ring (bicyclic) bond motifs is 10. The van der Waals surface area contributed by atoms with Gasteiger partial charge in [0.15, 0.2) is 5.58 Å². The van der Waals surface area contributed by atoms with Crippen molar-refractivity contribution in [1.82, 2.24) is 0 Å². The molecule has 244 valence electrons. The van der Waals surface area contributed by atoms with Gasteiger partial charge < -0.3 is 18.2 Å². The van der Waals surface area contributed by atoms with Crippen LogP contribution in [0.1, 0.15) is 0 Å².